The van der Waals surface area contributed by atoms with Crippen molar-refractivity contribution in [1.29, 1.82) is 0 Å². The fraction of sp³-hybridized carbons (Fsp3) is 0.438. The van der Waals surface area contributed by atoms with Gasteiger partial charge in [-0.25, -0.2) is 4.42 Å². The zero-order chi connectivity index (χ0) is 15.1. The van der Waals surface area contributed by atoms with Crippen LogP contribution in [0.15, 0.2) is 30.8 Å². The van der Waals surface area contributed by atoms with Gasteiger partial charge in [0.25, 0.3) is 5.91 Å². The second-order valence-corrected chi connectivity index (χ2v) is 6.51. The van der Waals surface area contributed by atoms with Crippen molar-refractivity contribution in [3.8, 4) is 0 Å². The van der Waals surface area contributed by atoms with Gasteiger partial charge in [-0.15, -0.1) is 0 Å². The van der Waals surface area contributed by atoms with E-state index in [1.165, 1.54) is 4.42 Å². The number of hydrogen-bond donors (Lipinski definition) is 0. The molecule has 0 saturated carbocycles. The first-order chi connectivity index (χ1) is 9.21. The fourth-order valence-electron chi connectivity index (χ4n) is 2.73. The summed E-state index contributed by atoms with van der Waals surface area (Å²) in [6.45, 7) is 12.2. The third kappa shape index (κ3) is 2.25. The Morgan fingerprint density at radius 3 is 2.15 bits per heavy atom. The number of carbonyl (C=O) groups is 1. The quantitative estimate of drug-likeness (QED) is 0.794. The Balaban J connectivity index is 2.30. The normalized spacial score (nSPS) is 21.2. The summed E-state index contributed by atoms with van der Waals surface area (Å²) in [5, 5.41) is 0. The zero-order valence-electron chi connectivity index (χ0n) is 12.5. The number of amides is 1. The van der Waals surface area contributed by atoms with Crippen LogP contribution in [-0.2, 0) is 11.3 Å². The van der Waals surface area contributed by atoms with Crippen molar-refractivity contribution in [2.75, 3.05) is 0 Å². The van der Waals surface area contributed by atoms with E-state index in [1.54, 1.807) is 0 Å². The lowest BCUT2D eigenvalue weighted by Gasteiger charge is -2.38. The predicted octanol–water partition coefficient (Wildman–Crippen LogP) is 3.64. The summed E-state index contributed by atoms with van der Waals surface area (Å²) in [6.07, 6.45) is 1.82. The maximum Gasteiger partial charge on any atom is 0.258 e. The number of carbonyl (C=O) groups excluding carboxylic acids is 1. The minimum atomic E-state index is -0.609. The van der Waals surface area contributed by atoms with E-state index < -0.39 is 11.2 Å². The van der Waals surface area contributed by atoms with Crippen LogP contribution in [0.1, 0.15) is 38.8 Å². The van der Waals surface area contributed by atoms with Crippen LogP contribution < -0.4 is 0 Å². The van der Waals surface area contributed by atoms with Crippen molar-refractivity contribution in [2.45, 2.75) is 45.4 Å². The molecule has 1 aliphatic heterocycles. The van der Waals surface area contributed by atoms with Gasteiger partial charge in [-0.2, -0.15) is 0 Å². The number of nitrogens with zero attached hydrogens (tertiary/aromatic N) is 2. The number of benzene rings is 1. The molecule has 1 aliphatic rings. The van der Waals surface area contributed by atoms with E-state index in [0.29, 0.717) is 6.54 Å². The molecule has 1 aromatic carbocycles. The van der Waals surface area contributed by atoms with Gasteiger partial charge in [-0.3, -0.25) is 9.69 Å². The lowest BCUT2D eigenvalue weighted by atomic mass is 10.0. The fourth-order valence-corrected chi connectivity index (χ4v) is 3.03. The molecule has 1 saturated heterocycles. The molecule has 3 nitrogen and oxygen atoms in total. The molecular weight excluding hydrogens is 272 g/mol. The van der Waals surface area contributed by atoms with Gasteiger partial charge in [0, 0.05) is 18.3 Å². The Labute approximate surface area is 125 Å². The highest BCUT2D eigenvalue weighted by Gasteiger charge is 2.56. The summed E-state index contributed by atoms with van der Waals surface area (Å²) in [5.41, 5.74) is 1.11. The van der Waals surface area contributed by atoms with Gasteiger partial charge in [-0.1, -0.05) is 36.9 Å². The molecule has 1 aromatic rings. The van der Waals surface area contributed by atoms with Crippen molar-refractivity contribution in [3.05, 3.63) is 42.0 Å². The molecular formula is C16H21ClN2O. The van der Waals surface area contributed by atoms with Gasteiger partial charge in [0.1, 0.15) is 5.66 Å². The second kappa shape index (κ2) is 4.90. The van der Waals surface area contributed by atoms with Gasteiger partial charge in [0.15, 0.2) is 0 Å². The van der Waals surface area contributed by atoms with Crippen molar-refractivity contribution < 1.29 is 4.79 Å². The molecule has 4 heteroatoms. The molecule has 0 aliphatic carbocycles. The van der Waals surface area contributed by atoms with E-state index >= 15 is 0 Å². The topological polar surface area (TPSA) is 23.6 Å². The van der Waals surface area contributed by atoms with E-state index in [1.807, 2.05) is 45.9 Å². The molecule has 0 bridgehead atoms. The Hall–Kier alpha value is -1.32. The van der Waals surface area contributed by atoms with Gasteiger partial charge >= 0.3 is 0 Å². The summed E-state index contributed by atoms with van der Waals surface area (Å²) >= 11 is 6.18. The highest BCUT2D eigenvalue weighted by molar-refractivity contribution is 6.23. The first-order valence-electron chi connectivity index (χ1n) is 6.71. The van der Waals surface area contributed by atoms with Crippen LogP contribution in [0.5, 0.6) is 0 Å². The maximum atomic E-state index is 12.3. The molecule has 2 rings (SSSR count). The molecule has 0 aromatic heterocycles. The van der Waals surface area contributed by atoms with Crippen LogP contribution in [0, 0.1) is 0 Å². The largest absolute Gasteiger partial charge is 0.271 e. The van der Waals surface area contributed by atoms with Crippen molar-refractivity contribution >= 4 is 23.8 Å². The van der Waals surface area contributed by atoms with E-state index in [4.69, 9.17) is 11.8 Å². The third-order valence-electron chi connectivity index (χ3n) is 4.07. The SMILES string of the molecule is C=Cc1ccc(CN2C(C)(C)C(=O)N(Cl)C2(C)C)cc1. The standard InChI is InChI=1S/C16H21ClN2O/c1-6-12-7-9-13(10-8-12)11-18-15(2,3)14(20)19(17)16(18,4)5/h6-10H,1,11H2,2-5H3. The summed E-state index contributed by atoms with van der Waals surface area (Å²) in [6, 6.07) is 8.17. The Bertz CT molecular complexity index is 534. The van der Waals surface area contributed by atoms with Crippen molar-refractivity contribution in [1.82, 2.24) is 9.32 Å². The van der Waals surface area contributed by atoms with Gasteiger partial charge in [0.2, 0.25) is 0 Å². The van der Waals surface area contributed by atoms with Crippen LogP contribution >= 0.6 is 11.8 Å². The summed E-state index contributed by atoms with van der Waals surface area (Å²) in [4.78, 5) is 14.4. The Morgan fingerprint density at radius 2 is 1.75 bits per heavy atom. The van der Waals surface area contributed by atoms with Crippen LogP contribution in [0.4, 0.5) is 0 Å². The molecule has 0 spiro atoms. The van der Waals surface area contributed by atoms with E-state index in [9.17, 15) is 4.79 Å². The van der Waals surface area contributed by atoms with Gasteiger partial charge < -0.3 is 0 Å². The average molecular weight is 293 g/mol. The summed E-state index contributed by atoms with van der Waals surface area (Å²) in [7, 11) is 0. The molecule has 0 atom stereocenters. The highest BCUT2D eigenvalue weighted by Crippen LogP contribution is 2.40. The van der Waals surface area contributed by atoms with Crippen LogP contribution in [0.2, 0.25) is 0 Å². The minimum absolute atomic E-state index is 0.0631. The Kier molecular flexibility index (Phi) is 3.69. The monoisotopic (exact) mass is 292 g/mol. The van der Waals surface area contributed by atoms with E-state index in [-0.39, 0.29) is 5.91 Å². The smallest absolute Gasteiger partial charge is 0.258 e. The lowest BCUT2D eigenvalue weighted by molar-refractivity contribution is -0.129. The molecule has 108 valence electrons. The molecule has 1 fully saturated rings. The van der Waals surface area contributed by atoms with Crippen LogP contribution in [0.25, 0.3) is 6.08 Å². The molecule has 0 unspecified atom stereocenters. The number of hydrogen-bond acceptors (Lipinski definition) is 2. The maximum absolute atomic E-state index is 12.3. The zero-order valence-corrected chi connectivity index (χ0v) is 13.2. The molecule has 0 N–H and O–H groups in total. The van der Waals surface area contributed by atoms with Crippen LogP contribution in [-0.4, -0.2) is 26.4 Å². The summed E-state index contributed by atoms with van der Waals surface area (Å²) in [5.74, 6) is -0.0631. The molecule has 1 heterocycles. The number of halogens is 1. The lowest BCUT2D eigenvalue weighted by Crippen LogP contribution is -2.50. The summed E-state index contributed by atoms with van der Waals surface area (Å²) < 4.78 is 1.31. The first kappa shape index (κ1) is 15.1. The van der Waals surface area contributed by atoms with Crippen molar-refractivity contribution in [2.24, 2.45) is 0 Å². The molecule has 0 radical (unpaired) electrons. The Morgan fingerprint density at radius 1 is 1.20 bits per heavy atom. The van der Waals surface area contributed by atoms with Gasteiger partial charge in [0.05, 0.1) is 5.54 Å². The first-order valence-corrected chi connectivity index (χ1v) is 7.04. The van der Waals surface area contributed by atoms with Crippen molar-refractivity contribution in [3.63, 3.8) is 0 Å². The molecule has 1 amide bonds. The van der Waals surface area contributed by atoms with E-state index in [0.717, 1.165) is 11.1 Å². The average Bonchev–Trinajstić information content (AvgIpc) is 2.52. The van der Waals surface area contributed by atoms with Gasteiger partial charge in [-0.05, 0) is 38.8 Å². The predicted molar refractivity (Wildman–Crippen MR) is 82.9 cm³/mol. The van der Waals surface area contributed by atoms with E-state index in [2.05, 4.69) is 23.6 Å². The second-order valence-electron chi connectivity index (χ2n) is 6.17. The molecule has 20 heavy (non-hydrogen) atoms. The highest BCUT2D eigenvalue weighted by atomic mass is 35.5. The number of rotatable bonds is 3. The van der Waals surface area contributed by atoms with Crippen LogP contribution in [0.3, 0.4) is 0 Å². The minimum Gasteiger partial charge on any atom is -0.271 e. The third-order valence-corrected chi connectivity index (χ3v) is 4.64.